The van der Waals surface area contributed by atoms with Crippen LogP contribution in [-0.2, 0) is 6.42 Å². The standard InChI is InChI=1S/C22H21NO4/c1-3-10-23(2)18(11-17-6-9-20-22(13-17)27-15-25-20)7-4-16-5-8-19-21(12-16)26-14-24-19/h3,5-6,8-9,12-13,18H,1,10-11,14-15H2,2H3. The van der Waals surface area contributed by atoms with Crippen molar-refractivity contribution in [3.05, 3.63) is 60.2 Å². The van der Waals surface area contributed by atoms with Crippen molar-refractivity contribution >= 4 is 0 Å². The molecule has 2 aliphatic heterocycles. The predicted molar refractivity (Wildman–Crippen MR) is 102 cm³/mol. The lowest BCUT2D eigenvalue weighted by Gasteiger charge is -2.22. The summed E-state index contributed by atoms with van der Waals surface area (Å²) in [6, 6.07) is 11.8. The van der Waals surface area contributed by atoms with Crippen molar-refractivity contribution in [2.45, 2.75) is 12.5 Å². The highest BCUT2D eigenvalue weighted by molar-refractivity contribution is 5.50. The first kappa shape index (κ1) is 17.3. The molecule has 0 aromatic heterocycles. The van der Waals surface area contributed by atoms with Gasteiger partial charge in [-0.2, -0.15) is 0 Å². The van der Waals surface area contributed by atoms with E-state index in [9.17, 15) is 0 Å². The van der Waals surface area contributed by atoms with Crippen molar-refractivity contribution in [3.8, 4) is 34.8 Å². The molecular weight excluding hydrogens is 342 g/mol. The molecule has 5 nitrogen and oxygen atoms in total. The number of hydrogen-bond acceptors (Lipinski definition) is 5. The normalized spacial score (nSPS) is 14.6. The first-order valence-corrected chi connectivity index (χ1v) is 8.84. The molecule has 0 amide bonds. The lowest BCUT2D eigenvalue weighted by Crippen LogP contribution is -2.32. The van der Waals surface area contributed by atoms with Crippen LogP contribution in [0.25, 0.3) is 0 Å². The highest BCUT2D eigenvalue weighted by Gasteiger charge is 2.17. The lowest BCUT2D eigenvalue weighted by atomic mass is 10.0. The molecule has 0 bridgehead atoms. The summed E-state index contributed by atoms with van der Waals surface area (Å²) in [6.45, 7) is 5.14. The number of benzene rings is 2. The third kappa shape index (κ3) is 3.86. The van der Waals surface area contributed by atoms with E-state index in [0.29, 0.717) is 0 Å². The van der Waals surface area contributed by atoms with Gasteiger partial charge in [0.25, 0.3) is 0 Å². The van der Waals surface area contributed by atoms with Gasteiger partial charge in [-0.15, -0.1) is 6.58 Å². The zero-order valence-electron chi connectivity index (χ0n) is 15.2. The van der Waals surface area contributed by atoms with E-state index >= 15 is 0 Å². The van der Waals surface area contributed by atoms with Crippen LogP contribution in [0, 0.1) is 11.8 Å². The van der Waals surface area contributed by atoms with Crippen LogP contribution in [0.4, 0.5) is 0 Å². The predicted octanol–water partition coefficient (Wildman–Crippen LogP) is 3.22. The van der Waals surface area contributed by atoms with Gasteiger partial charge in [-0.25, -0.2) is 0 Å². The molecule has 0 saturated carbocycles. The number of likely N-dealkylation sites (N-methyl/N-ethyl adjacent to an activating group) is 1. The van der Waals surface area contributed by atoms with Crippen LogP contribution >= 0.6 is 0 Å². The SMILES string of the molecule is C=CCN(C)C(C#Cc1ccc2c(c1)OCO2)Cc1ccc2c(c1)OCO2. The fraction of sp³-hybridized carbons (Fsp3) is 0.273. The molecule has 2 aromatic rings. The Labute approximate surface area is 159 Å². The zero-order chi connectivity index (χ0) is 18.6. The van der Waals surface area contributed by atoms with Gasteiger partial charge in [0.2, 0.25) is 13.6 Å². The summed E-state index contributed by atoms with van der Waals surface area (Å²) in [4.78, 5) is 2.18. The summed E-state index contributed by atoms with van der Waals surface area (Å²) in [5, 5.41) is 0. The van der Waals surface area contributed by atoms with E-state index in [1.54, 1.807) is 0 Å². The van der Waals surface area contributed by atoms with Gasteiger partial charge in [-0.1, -0.05) is 24.0 Å². The molecule has 2 heterocycles. The van der Waals surface area contributed by atoms with Crippen LogP contribution in [0.15, 0.2) is 49.1 Å². The van der Waals surface area contributed by atoms with Crippen molar-refractivity contribution in [2.75, 3.05) is 27.2 Å². The molecule has 1 atom stereocenters. The minimum Gasteiger partial charge on any atom is -0.454 e. The van der Waals surface area contributed by atoms with Crippen LogP contribution in [0.3, 0.4) is 0 Å². The Bertz CT molecular complexity index is 912. The molecule has 2 aliphatic rings. The smallest absolute Gasteiger partial charge is 0.231 e. The molecule has 2 aromatic carbocycles. The van der Waals surface area contributed by atoms with Crippen molar-refractivity contribution < 1.29 is 18.9 Å². The van der Waals surface area contributed by atoms with Crippen molar-refractivity contribution in [1.29, 1.82) is 0 Å². The second-order valence-corrected chi connectivity index (χ2v) is 6.47. The van der Waals surface area contributed by atoms with Crippen LogP contribution < -0.4 is 18.9 Å². The van der Waals surface area contributed by atoms with Crippen LogP contribution in [-0.4, -0.2) is 38.1 Å². The molecule has 0 fully saturated rings. The number of rotatable bonds is 5. The van der Waals surface area contributed by atoms with Gasteiger partial charge < -0.3 is 18.9 Å². The summed E-state index contributed by atoms with van der Waals surface area (Å²) in [5.74, 6) is 9.75. The van der Waals surface area contributed by atoms with Crippen LogP contribution in [0.2, 0.25) is 0 Å². The summed E-state index contributed by atoms with van der Waals surface area (Å²) >= 11 is 0. The summed E-state index contributed by atoms with van der Waals surface area (Å²) in [6.07, 6.45) is 2.66. The maximum Gasteiger partial charge on any atom is 0.231 e. The topological polar surface area (TPSA) is 40.2 Å². The molecule has 0 saturated heterocycles. The third-order valence-corrected chi connectivity index (χ3v) is 4.57. The molecule has 27 heavy (non-hydrogen) atoms. The Morgan fingerprint density at radius 3 is 2.41 bits per heavy atom. The van der Waals surface area contributed by atoms with E-state index in [-0.39, 0.29) is 19.6 Å². The molecular formula is C22H21NO4. The highest BCUT2D eigenvalue weighted by Crippen LogP contribution is 2.33. The molecule has 4 rings (SSSR count). The average molecular weight is 363 g/mol. The van der Waals surface area contributed by atoms with Gasteiger partial charge >= 0.3 is 0 Å². The minimum absolute atomic E-state index is 0.0359. The summed E-state index contributed by atoms with van der Waals surface area (Å²) < 4.78 is 21.7. The van der Waals surface area contributed by atoms with E-state index in [4.69, 9.17) is 18.9 Å². The second kappa shape index (κ2) is 7.65. The number of ether oxygens (including phenoxy) is 4. The third-order valence-electron chi connectivity index (χ3n) is 4.57. The fourth-order valence-electron chi connectivity index (χ4n) is 3.08. The van der Waals surface area contributed by atoms with Gasteiger partial charge in [-0.3, -0.25) is 4.90 Å². The highest BCUT2D eigenvalue weighted by atomic mass is 16.7. The monoisotopic (exact) mass is 363 g/mol. The fourth-order valence-corrected chi connectivity index (χ4v) is 3.08. The first-order valence-electron chi connectivity index (χ1n) is 8.84. The Morgan fingerprint density at radius 1 is 1.00 bits per heavy atom. The lowest BCUT2D eigenvalue weighted by molar-refractivity contribution is 0.173. The first-order chi connectivity index (χ1) is 13.2. The van der Waals surface area contributed by atoms with Crippen molar-refractivity contribution in [2.24, 2.45) is 0 Å². The molecule has 0 radical (unpaired) electrons. The van der Waals surface area contributed by atoms with Gasteiger partial charge in [-0.05, 0) is 49.4 Å². The van der Waals surface area contributed by atoms with Gasteiger partial charge in [0, 0.05) is 12.1 Å². The minimum atomic E-state index is 0.0359. The maximum atomic E-state index is 5.49. The molecule has 0 spiro atoms. The van der Waals surface area contributed by atoms with Crippen molar-refractivity contribution in [1.82, 2.24) is 4.90 Å². The van der Waals surface area contributed by atoms with E-state index in [1.165, 1.54) is 0 Å². The number of fused-ring (bicyclic) bond motifs is 2. The van der Waals surface area contributed by atoms with Gasteiger partial charge in [0.05, 0.1) is 6.04 Å². The average Bonchev–Trinajstić information content (AvgIpc) is 3.33. The number of nitrogens with zero attached hydrogens (tertiary/aromatic N) is 1. The Balaban J connectivity index is 1.55. The Morgan fingerprint density at radius 2 is 1.67 bits per heavy atom. The quantitative estimate of drug-likeness (QED) is 0.603. The summed E-state index contributed by atoms with van der Waals surface area (Å²) in [5.41, 5.74) is 2.06. The van der Waals surface area contributed by atoms with Crippen molar-refractivity contribution in [3.63, 3.8) is 0 Å². The summed E-state index contributed by atoms with van der Waals surface area (Å²) in [7, 11) is 2.05. The molecule has 1 unspecified atom stereocenters. The Hall–Kier alpha value is -3.10. The maximum absolute atomic E-state index is 5.49. The molecule has 0 N–H and O–H groups in total. The van der Waals surface area contributed by atoms with Crippen LogP contribution in [0.5, 0.6) is 23.0 Å². The van der Waals surface area contributed by atoms with E-state index in [0.717, 1.165) is 47.1 Å². The largest absolute Gasteiger partial charge is 0.454 e. The van der Waals surface area contributed by atoms with Gasteiger partial charge in [0.1, 0.15) is 0 Å². The zero-order valence-corrected chi connectivity index (χ0v) is 15.2. The molecule has 138 valence electrons. The second-order valence-electron chi connectivity index (χ2n) is 6.47. The van der Waals surface area contributed by atoms with E-state index in [1.807, 2.05) is 43.5 Å². The van der Waals surface area contributed by atoms with E-state index < -0.39 is 0 Å². The van der Waals surface area contributed by atoms with Crippen LogP contribution in [0.1, 0.15) is 11.1 Å². The van der Waals surface area contributed by atoms with E-state index in [2.05, 4.69) is 29.4 Å². The number of hydrogen-bond donors (Lipinski definition) is 0. The molecule has 5 heteroatoms. The molecule has 0 aliphatic carbocycles. The van der Waals surface area contributed by atoms with Gasteiger partial charge in [0.15, 0.2) is 23.0 Å². The Kier molecular flexibility index (Phi) is 4.91.